The maximum Gasteiger partial charge on any atom is 0.0633 e. The van der Waals surface area contributed by atoms with Crippen molar-refractivity contribution >= 4 is 0 Å². The Morgan fingerprint density at radius 3 is 2.63 bits per heavy atom. The first-order valence-electron chi connectivity index (χ1n) is 6.49. The molecule has 19 heavy (non-hydrogen) atoms. The standard InChI is InChI=1S/C17H20N2/c1-3-13-19(2)14-15-7-9-16(10-8-15)17(18)11-5-4-6-12-17/h1,4-11H,12-14,18H2,2H3. The molecule has 1 atom stereocenters. The normalized spacial score (nSPS) is 21.6. The van der Waals surface area contributed by atoms with E-state index < -0.39 is 0 Å². The zero-order valence-electron chi connectivity index (χ0n) is 11.3. The van der Waals surface area contributed by atoms with E-state index in [0.717, 1.165) is 18.5 Å². The molecule has 0 bridgehead atoms. The molecule has 0 spiro atoms. The maximum atomic E-state index is 6.40. The molecule has 2 rings (SSSR count). The lowest BCUT2D eigenvalue weighted by Gasteiger charge is -2.27. The average Bonchev–Trinajstić information content (AvgIpc) is 2.40. The van der Waals surface area contributed by atoms with E-state index in [0.29, 0.717) is 6.54 Å². The number of allylic oxidation sites excluding steroid dienone is 2. The van der Waals surface area contributed by atoms with E-state index in [-0.39, 0.29) is 5.54 Å². The monoisotopic (exact) mass is 252 g/mol. The lowest BCUT2D eigenvalue weighted by molar-refractivity contribution is 0.369. The summed E-state index contributed by atoms with van der Waals surface area (Å²) in [5.74, 6) is 2.65. The van der Waals surface area contributed by atoms with Crippen LogP contribution in [0.25, 0.3) is 0 Å². The molecule has 2 heteroatoms. The van der Waals surface area contributed by atoms with E-state index in [2.05, 4.69) is 47.2 Å². The Morgan fingerprint density at radius 2 is 2.05 bits per heavy atom. The lowest BCUT2D eigenvalue weighted by atomic mass is 9.84. The summed E-state index contributed by atoms with van der Waals surface area (Å²) in [5, 5.41) is 0. The largest absolute Gasteiger partial charge is 0.318 e. The van der Waals surface area contributed by atoms with Crippen molar-refractivity contribution in [2.45, 2.75) is 18.5 Å². The summed E-state index contributed by atoms with van der Waals surface area (Å²) in [6, 6.07) is 8.48. The van der Waals surface area contributed by atoms with Crippen LogP contribution in [0.1, 0.15) is 17.5 Å². The van der Waals surface area contributed by atoms with Gasteiger partial charge in [0.2, 0.25) is 0 Å². The minimum Gasteiger partial charge on any atom is -0.318 e. The molecular weight excluding hydrogens is 232 g/mol. The Morgan fingerprint density at radius 1 is 1.32 bits per heavy atom. The van der Waals surface area contributed by atoms with E-state index in [1.54, 1.807) is 0 Å². The van der Waals surface area contributed by atoms with Crippen LogP contribution in [0.4, 0.5) is 0 Å². The Labute approximate surface area is 115 Å². The van der Waals surface area contributed by atoms with Gasteiger partial charge in [0.1, 0.15) is 0 Å². The number of rotatable bonds is 4. The number of hydrogen-bond donors (Lipinski definition) is 1. The van der Waals surface area contributed by atoms with Crippen LogP contribution in [0.2, 0.25) is 0 Å². The molecule has 0 aromatic heterocycles. The summed E-state index contributed by atoms with van der Waals surface area (Å²) in [7, 11) is 2.02. The third-order valence-corrected chi connectivity index (χ3v) is 3.40. The predicted octanol–water partition coefficient (Wildman–Crippen LogP) is 2.42. The summed E-state index contributed by atoms with van der Waals surface area (Å²) >= 11 is 0. The molecule has 1 aliphatic carbocycles. The van der Waals surface area contributed by atoms with Crippen LogP contribution in [-0.2, 0) is 12.1 Å². The average molecular weight is 252 g/mol. The van der Waals surface area contributed by atoms with E-state index in [4.69, 9.17) is 12.2 Å². The van der Waals surface area contributed by atoms with Crippen molar-refractivity contribution in [3.05, 3.63) is 59.7 Å². The van der Waals surface area contributed by atoms with Gasteiger partial charge in [0.15, 0.2) is 0 Å². The highest BCUT2D eigenvalue weighted by Gasteiger charge is 2.23. The van der Waals surface area contributed by atoms with Crippen molar-refractivity contribution in [3.8, 4) is 12.3 Å². The number of terminal acetylenes is 1. The second kappa shape index (κ2) is 5.88. The van der Waals surface area contributed by atoms with Crippen LogP contribution in [0.15, 0.2) is 48.6 Å². The van der Waals surface area contributed by atoms with E-state index in [9.17, 15) is 0 Å². The number of benzene rings is 1. The number of hydrogen-bond acceptors (Lipinski definition) is 2. The van der Waals surface area contributed by atoms with Crippen LogP contribution in [0.5, 0.6) is 0 Å². The Kier molecular flexibility index (Phi) is 4.21. The molecule has 98 valence electrons. The first-order chi connectivity index (χ1) is 9.14. The fourth-order valence-electron chi connectivity index (χ4n) is 2.29. The minimum absolute atomic E-state index is 0.363. The first kappa shape index (κ1) is 13.6. The van der Waals surface area contributed by atoms with Gasteiger partial charge in [0.05, 0.1) is 12.1 Å². The van der Waals surface area contributed by atoms with Gasteiger partial charge in [-0.05, 0) is 24.6 Å². The van der Waals surface area contributed by atoms with Crippen LogP contribution >= 0.6 is 0 Å². The first-order valence-corrected chi connectivity index (χ1v) is 6.49. The zero-order chi connectivity index (χ0) is 13.7. The molecule has 0 amide bonds. The van der Waals surface area contributed by atoms with Crippen molar-refractivity contribution in [2.24, 2.45) is 5.73 Å². The number of nitrogens with zero attached hydrogens (tertiary/aromatic N) is 1. The maximum absolute atomic E-state index is 6.40. The second-order valence-corrected chi connectivity index (χ2v) is 5.11. The quantitative estimate of drug-likeness (QED) is 0.834. The summed E-state index contributed by atoms with van der Waals surface area (Å²) < 4.78 is 0. The highest BCUT2D eigenvalue weighted by atomic mass is 15.1. The van der Waals surface area contributed by atoms with Gasteiger partial charge in [-0.25, -0.2) is 0 Å². The molecule has 0 fully saturated rings. The smallest absolute Gasteiger partial charge is 0.0633 e. The molecule has 1 aromatic rings. The second-order valence-electron chi connectivity index (χ2n) is 5.11. The van der Waals surface area contributed by atoms with Gasteiger partial charge < -0.3 is 5.73 Å². The van der Waals surface area contributed by atoms with Crippen molar-refractivity contribution in [3.63, 3.8) is 0 Å². The molecular formula is C17H20N2. The Balaban J connectivity index is 2.09. The topological polar surface area (TPSA) is 29.3 Å². The van der Waals surface area contributed by atoms with Crippen LogP contribution in [0, 0.1) is 12.3 Å². The van der Waals surface area contributed by atoms with Crippen molar-refractivity contribution in [2.75, 3.05) is 13.6 Å². The molecule has 2 N–H and O–H groups in total. The number of nitrogens with two attached hydrogens (primary N) is 1. The van der Waals surface area contributed by atoms with Crippen molar-refractivity contribution < 1.29 is 0 Å². The third-order valence-electron chi connectivity index (χ3n) is 3.40. The molecule has 0 heterocycles. The van der Waals surface area contributed by atoms with Gasteiger partial charge in [-0.3, -0.25) is 4.90 Å². The molecule has 0 radical (unpaired) electrons. The zero-order valence-corrected chi connectivity index (χ0v) is 11.3. The van der Waals surface area contributed by atoms with E-state index >= 15 is 0 Å². The van der Waals surface area contributed by atoms with E-state index in [1.807, 2.05) is 19.2 Å². The fraction of sp³-hybridized carbons (Fsp3) is 0.294. The Hall–Kier alpha value is -1.82. The molecule has 1 aliphatic rings. The van der Waals surface area contributed by atoms with Gasteiger partial charge in [-0.2, -0.15) is 0 Å². The van der Waals surface area contributed by atoms with Crippen molar-refractivity contribution in [1.29, 1.82) is 0 Å². The predicted molar refractivity (Wildman–Crippen MR) is 80.4 cm³/mol. The van der Waals surface area contributed by atoms with Gasteiger partial charge >= 0.3 is 0 Å². The van der Waals surface area contributed by atoms with Crippen LogP contribution < -0.4 is 5.73 Å². The third kappa shape index (κ3) is 3.35. The Bertz CT molecular complexity index is 519. The van der Waals surface area contributed by atoms with Gasteiger partial charge in [0.25, 0.3) is 0 Å². The minimum atomic E-state index is -0.363. The van der Waals surface area contributed by atoms with Crippen LogP contribution in [0.3, 0.4) is 0 Å². The molecule has 1 aromatic carbocycles. The highest BCUT2D eigenvalue weighted by Crippen LogP contribution is 2.27. The molecule has 0 saturated carbocycles. The van der Waals surface area contributed by atoms with Crippen LogP contribution in [-0.4, -0.2) is 18.5 Å². The van der Waals surface area contributed by atoms with Crippen molar-refractivity contribution in [1.82, 2.24) is 4.90 Å². The van der Waals surface area contributed by atoms with E-state index in [1.165, 1.54) is 5.56 Å². The lowest BCUT2D eigenvalue weighted by Crippen LogP contribution is -2.34. The fourth-order valence-corrected chi connectivity index (χ4v) is 2.29. The molecule has 0 saturated heterocycles. The molecule has 2 nitrogen and oxygen atoms in total. The summed E-state index contributed by atoms with van der Waals surface area (Å²) in [6.07, 6.45) is 14.4. The summed E-state index contributed by atoms with van der Waals surface area (Å²) in [4.78, 5) is 2.11. The summed E-state index contributed by atoms with van der Waals surface area (Å²) in [5.41, 5.74) is 8.44. The molecule has 0 aliphatic heterocycles. The van der Waals surface area contributed by atoms with Gasteiger partial charge in [-0.15, -0.1) is 6.42 Å². The molecule has 1 unspecified atom stereocenters. The SMILES string of the molecule is C#CCN(C)Cc1ccc(C2(N)C=CC=CC2)cc1. The van der Waals surface area contributed by atoms with Gasteiger partial charge in [-0.1, -0.05) is 54.5 Å². The van der Waals surface area contributed by atoms with Gasteiger partial charge in [0, 0.05) is 6.54 Å². The highest BCUT2D eigenvalue weighted by molar-refractivity contribution is 5.35. The summed E-state index contributed by atoms with van der Waals surface area (Å²) in [6.45, 7) is 1.52.